The van der Waals surface area contributed by atoms with Gasteiger partial charge in [0.15, 0.2) is 9.84 Å². The van der Waals surface area contributed by atoms with E-state index in [4.69, 9.17) is 0 Å². The first-order valence-electron chi connectivity index (χ1n) is 7.45. The summed E-state index contributed by atoms with van der Waals surface area (Å²) in [5.74, 6) is 0.740. The maximum atomic E-state index is 12.2. The van der Waals surface area contributed by atoms with Crippen molar-refractivity contribution in [1.29, 1.82) is 0 Å². The molecule has 6 heteroatoms. The molecule has 0 bridgehead atoms. The van der Waals surface area contributed by atoms with Crippen LogP contribution in [0.1, 0.15) is 40.0 Å². The van der Waals surface area contributed by atoms with Crippen LogP contribution >= 0.6 is 0 Å². The summed E-state index contributed by atoms with van der Waals surface area (Å²) in [6.45, 7) is 7.45. The van der Waals surface area contributed by atoms with E-state index in [1.807, 2.05) is 6.92 Å². The summed E-state index contributed by atoms with van der Waals surface area (Å²) in [5.41, 5.74) is -0.580. The summed E-state index contributed by atoms with van der Waals surface area (Å²) in [6.07, 6.45) is 2.87. The fraction of sp³-hybridized carbons (Fsp3) is 0.929. The lowest BCUT2D eigenvalue weighted by Gasteiger charge is -2.28. The maximum Gasteiger partial charge on any atom is 0.234 e. The lowest BCUT2D eigenvalue weighted by atomic mass is 10.0. The van der Waals surface area contributed by atoms with Gasteiger partial charge in [-0.25, -0.2) is 8.42 Å². The first-order chi connectivity index (χ1) is 9.19. The lowest BCUT2D eigenvalue weighted by molar-refractivity contribution is -0.124. The molecule has 5 nitrogen and oxygen atoms in total. The van der Waals surface area contributed by atoms with Crippen LogP contribution in [0.15, 0.2) is 0 Å². The molecule has 0 aromatic rings. The molecule has 1 saturated carbocycles. The Morgan fingerprint density at radius 1 is 1.40 bits per heavy atom. The van der Waals surface area contributed by atoms with Crippen molar-refractivity contribution < 1.29 is 13.2 Å². The van der Waals surface area contributed by atoms with Crippen LogP contribution in [0.4, 0.5) is 0 Å². The number of amides is 1. The summed E-state index contributed by atoms with van der Waals surface area (Å²) < 4.78 is 23.1. The van der Waals surface area contributed by atoms with Crippen molar-refractivity contribution in [1.82, 2.24) is 10.2 Å². The van der Waals surface area contributed by atoms with Gasteiger partial charge in [-0.1, -0.05) is 13.8 Å². The van der Waals surface area contributed by atoms with Gasteiger partial charge in [-0.15, -0.1) is 0 Å². The van der Waals surface area contributed by atoms with Gasteiger partial charge in [0.25, 0.3) is 0 Å². The van der Waals surface area contributed by atoms with Crippen LogP contribution in [0.25, 0.3) is 0 Å². The number of hydrogen-bond donors (Lipinski definition) is 1. The molecular formula is C14H26N2O3S. The highest BCUT2D eigenvalue weighted by Gasteiger charge is 2.40. The Morgan fingerprint density at radius 3 is 2.50 bits per heavy atom. The van der Waals surface area contributed by atoms with Crippen LogP contribution in [-0.2, 0) is 14.6 Å². The summed E-state index contributed by atoms with van der Waals surface area (Å²) in [4.78, 5) is 14.4. The van der Waals surface area contributed by atoms with Crippen LogP contribution in [0, 0.1) is 5.92 Å². The highest BCUT2D eigenvalue weighted by atomic mass is 32.2. The Hall–Kier alpha value is -0.620. The molecule has 1 saturated heterocycles. The van der Waals surface area contributed by atoms with E-state index >= 15 is 0 Å². The molecule has 1 amide bonds. The molecule has 116 valence electrons. The minimum absolute atomic E-state index is 0.0443. The van der Waals surface area contributed by atoms with Crippen molar-refractivity contribution in [3.63, 3.8) is 0 Å². The third kappa shape index (κ3) is 4.45. The number of rotatable bonds is 6. The minimum atomic E-state index is -2.98. The van der Waals surface area contributed by atoms with E-state index in [0.717, 1.165) is 6.54 Å². The second-order valence-corrected chi connectivity index (χ2v) is 9.19. The van der Waals surface area contributed by atoms with Gasteiger partial charge in [-0.2, -0.15) is 0 Å². The molecule has 0 aromatic carbocycles. The lowest BCUT2D eigenvalue weighted by Crippen LogP contribution is -2.51. The predicted octanol–water partition coefficient (Wildman–Crippen LogP) is 0.800. The molecule has 2 fully saturated rings. The topological polar surface area (TPSA) is 66.5 Å². The first kappa shape index (κ1) is 15.8. The van der Waals surface area contributed by atoms with Crippen molar-refractivity contribution in [3.05, 3.63) is 0 Å². The summed E-state index contributed by atoms with van der Waals surface area (Å²) >= 11 is 0. The molecule has 20 heavy (non-hydrogen) atoms. The van der Waals surface area contributed by atoms with Gasteiger partial charge in [-0.05, 0) is 32.1 Å². The zero-order valence-corrected chi connectivity index (χ0v) is 13.5. The monoisotopic (exact) mass is 302 g/mol. The molecule has 1 N–H and O–H groups in total. The van der Waals surface area contributed by atoms with Gasteiger partial charge >= 0.3 is 0 Å². The Morgan fingerprint density at radius 2 is 2.05 bits per heavy atom. The average molecular weight is 302 g/mol. The molecule has 1 unspecified atom stereocenters. The van der Waals surface area contributed by atoms with Gasteiger partial charge in [0.2, 0.25) is 5.91 Å². The molecular weight excluding hydrogens is 276 g/mol. The highest BCUT2D eigenvalue weighted by Crippen LogP contribution is 2.27. The molecule has 1 heterocycles. The largest absolute Gasteiger partial charge is 0.349 e. The van der Waals surface area contributed by atoms with Crippen LogP contribution in [-0.4, -0.2) is 55.4 Å². The fourth-order valence-electron chi connectivity index (χ4n) is 2.92. The molecule has 2 rings (SSSR count). The zero-order valence-electron chi connectivity index (χ0n) is 12.7. The van der Waals surface area contributed by atoms with Crippen molar-refractivity contribution in [2.24, 2.45) is 5.92 Å². The molecule has 0 radical (unpaired) electrons. The van der Waals surface area contributed by atoms with E-state index in [1.165, 1.54) is 12.8 Å². The van der Waals surface area contributed by atoms with Crippen molar-refractivity contribution in [2.45, 2.75) is 51.6 Å². The van der Waals surface area contributed by atoms with E-state index in [0.29, 0.717) is 24.9 Å². The van der Waals surface area contributed by atoms with Crippen LogP contribution in [0.2, 0.25) is 0 Å². The number of carbonyl (C=O) groups excluding carboxylic acids is 1. The molecule has 0 aromatic heterocycles. The normalized spacial score (nSPS) is 29.1. The summed E-state index contributed by atoms with van der Waals surface area (Å²) in [7, 11) is -2.98. The second-order valence-electron chi connectivity index (χ2n) is 7.01. The Balaban J connectivity index is 1.88. The Bertz CT molecular complexity index is 471. The van der Waals surface area contributed by atoms with Gasteiger partial charge < -0.3 is 5.32 Å². The standard InChI is InChI=1S/C14H26N2O3S/c1-11(2)8-16(12-4-5-12)9-13(17)15-14(3)6-7-20(18,19)10-14/h11-12H,4-10H2,1-3H3,(H,15,17). The van der Waals surface area contributed by atoms with Crippen molar-refractivity contribution in [2.75, 3.05) is 24.6 Å². The van der Waals surface area contributed by atoms with E-state index in [9.17, 15) is 13.2 Å². The molecule has 1 aliphatic heterocycles. The van der Waals surface area contributed by atoms with E-state index < -0.39 is 15.4 Å². The van der Waals surface area contributed by atoms with Crippen LogP contribution in [0.5, 0.6) is 0 Å². The first-order valence-corrected chi connectivity index (χ1v) is 9.27. The third-order valence-corrected chi connectivity index (χ3v) is 5.86. The summed E-state index contributed by atoms with van der Waals surface area (Å²) in [5, 5.41) is 2.94. The summed E-state index contributed by atoms with van der Waals surface area (Å²) in [6, 6.07) is 0.545. The van der Waals surface area contributed by atoms with Crippen molar-refractivity contribution >= 4 is 15.7 Å². The SMILES string of the molecule is CC(C)CN(CC(=O)NC1(C)CCS(=O)(=O)C1)C1CC1. The van der Waals surface area contributed by atoms with Gasteiger partial charge in [0, 0.05) is 12.6 Å². The minimum Gasteiger partial charge on any atom is -0.349 e. The van der Waals surface area contributed by atoms with Crippen LogP contribution in [0.3, 0.4) is 0 Å². The second kappa shape index (κ2) is 5.64. The number of hydrogen-bond acceptors (Lipinski definition) is 4. The van der Waals surface area contributed by atoms with E-state index in [2.05, 4.69) is 24.1 Å². The number of sulfone groups is 1. The Labute approximate surface area is 122 Å². The quantitative estimate of drug-likeness (QED) is 0.788. The number of carbonyl (C=O) groups is 1. The maximum absolute atomic E-state index is 12.2. The van der Waals surface area contributed by atoms with Gasteiger partial charge in [0.05, 0.1) is 23.6 Å². The van der Waals surface area contributed by atoms with Crippen molar-refractivity contribution in [3.8, 4) is 0 Å². The smallest absolute Gasteiger partial charge is 0.234 e. The van der Waals surface area contributed by atoms with Crippen LogP contribution < -0.4 is 5.32 Å². The molecule has 1 aliphatic carbocycles. The number of nitrogens with zero attached hydrogens (tertiary/aromatic N) is 1. The average Bonchev–Trinajstić information content (AvgIpc) is 3.04. The van der Waals surface area contributed by atoms with E-state index in [1.54, 1.807) is 0 Å². The van der Waals surface area contributed by atoms with Gasteiger partial charge in [0.1, 0.15) is 0 Å². The zero-order chi connectivity index (χ0) is 15.0. The molecule has 2 aliphatic rings. The predicted molar refractivity (Wildman–Crippen MR) is 79.3 cm³/mol. The van der Waals surface area contributed by atoms with Gasteiger partial charge in [-0.3, -0.25) is 9.69 Å². The number of nitrogens with one attached hydrogen (secondary N) is 1. The molecule has 1 atom stereocenters. The fourth-order valence-corrected chi connectivity index (χ4v) is 5.01. The van der Waals surface area contributed by atoms with E-state index in [-0.39, 0.29) is 17.4 Å². The highest BCUT2D eigenvalue weighted by molar-refractivity contribution is 7.91. The Kier molecular flexibility index (Phi) is 4.44. The molecule has 0 spiro atoms. The third-order valence-electron chi connectivity index (χ3n) is 3.95.